The summed E-state index contributed by atoms with van der Waals surface area (Å²) in [6.07, 6.45) is 3.23. The van der Waals surface area contributed by atoms with Crippen molar-refractivity contribution in [1.29, 1.82) is 5.26 Å². The summed E-state index contributed by atoms with van der Waals surface area (Å²) in [6.45, 7) is 0.401. The van der Waals surface area contributed by atoms with E-state index in [1.165, 1.54) is 16.7 Å². The quantitative estimate of drug-likeness (QED) is 0.399. The van der Waals surface area contributed by atoms with E-state index in [2.05, 4.69) is 10.3 Å². The molecule has 0 aliphatic rings. The third-order valence-electron chi connectivity index (χ3n) is 2.23. The minimum atomic E-state index is -0.429. The minimum Gasteiger partial charge on any atom is -0.410 e. The number of nitriles is 1. The van der Waals surface area contributed by atoms with Gasteiger partial charge in [-0.15, -0.1) is 0 Å². The van der Waals surface area contributed by atoms with Crippen LogP contribution in [0.15, 0.2) is 29.3 Å². The number of carbonyl (C=O) groups is 1. The number of carbonyl (C=O) groups excluding carboxylic acids is 1. The molecule has 1 amide bonds. The molecule has 0 aliphatic carbocycles. The first kappa shape index (κ1) is 15.9. The number of nitrogens with one attached hydrogen (secondary N) is 1. The molecule has 0 atom stereocenters. The van der Waals surface area contributed by atoms with Gasteiger partial charge in [0, 0.05) is 14.1 Å². The van der Waals surface area contributed by atoms with Crippen LogP contribution in [0.4, 0.5) is 4.79 Å². The predicted octanol–water partition coefficient (Wildman–Crippen LogP) is 2.04. The summed E-state index contributed by atoms with van der Waals surface area (Å²) in [5, 5.41) is 11.6. The van der Waals surface area contributed by atoms with Crippen LogP contribution in [0.5, 0.6) is 5.75 Å². The van der Waals surface area contributed by atoms with Crippen LogP contribution in [-0.4, -0.2) is 36.5 Å². The van der Waals surface area contributed by atoms with Crippen LogP contribution < -0.4 is 10.1 Å². The molecule has 6 nitrogen and oxygen atoms in total. The number of nitrogens with zero attached hydrogens (tertiary/aromatic N) is 3. The van der Waals surface area contributed by atoms with Gasteiger partial charge in [-0.05, 0) is 24.0 Å². The Morgan fingerprint density at radius 2 is 2.30 bits per heavy atom. The van der Waals surface area contributed by atoms with Gasteiger partial charge in [0.05, 0.1) is 6.54 Å². The molecule has 0 aromatic heterocycles. The molecule has 1 aromatic carbocycles. The predicted molar refractivity (Wildman–Crippen MR) is 79.6 cm³/mol. The number of ether oxygens (including phenoxy) is 1. The molecule has 1 rings (SSSR count). The van der Waals surface area contributed by atoms with Gasteiger partial charge in [0.15, 0.2) is 11.4 Å². The van der Waals surface area contributed by atoms with Gasteiger partial charge in [-0.2, -0.15) is 5.26 Å². The van der Waals surface area contributed by atoms with Gasteiger partial charge >= 0.3 is 6.09 Å². The molecule has 0 saturated heterocycles. The van der Waals surface area contributed by atoms with E-state index in [4.69, 9.17) is 10.00 Å². The summed E-state index contributed by atoms with van der Waals surface area (Å²) in [5.41, 5.74) is 0.889. The molecule has 0 saturated carbocycles. The summed E-state index contributed by atoms with van der Waals surface area (Å²) in [6, 6.07) is 7.12. The monoisotopic (exact) mass is 292 g/mol. The lowest BCUT2D eigenvalue weighted by molar-refractivity contribution is 0.172. The summed E-state index contributed by atoms with van der Waals surface area (Å²) in [7, 11) is 3.24. The third-order valence-corrected chi connectivity index (χ3v) is 2.85. The van der Waals surface area contributed by atoms with Crippen LogP contribution >= 0.6 is 11.8 Å². The molecule has 7 heteroatoms. The molecule has 0 spiro atoms. The summed E-state index contributed by atoms with van der Waals surface area (Å²) in [5.74, 6) is 0.468. The Hall–Kier alpha value is -2.20. The SMILES string of the molecule is CSC(=NCc1cccc(OC(=O)N(C)C)c1)NC#N. The van der Waals surface area contributed by atoms with Gasteiger partial charge in [0.2, 0.25) is 0 Å². The molecular formula is C13H16N4O2S. The van der Waals surface area contributed by atoms with Crippen LogP contribution in [0.25, 0.3) is 0 Å². The fourth-order valence-corrected chi connectivity index (χ4v) is 1.61. The van der Waals surface area contributed by atoms with Crippen molar-refractivity contribution in [3.63, 3.8) is 0 Å². The Labute approximate surface area is 122 Å². The van der Waals surface area contributed by atoms with Crippen LogP contribution in [0.1, 0.15) is 5.56 Å². The fraction of sp³-hybridized carbons (Fsp3) is 0.308. The normalized spacial score (nSPS) is 10.6. The van der Waals surface area contributed by atoms with Gasteiger partial charge in [-0.25, -0.2) is 4.79 Å². The first-order chi connectivity index (χ1) is 9.56. The highest BCUT2D eigenvalue weighted by atomic mass is 32.2. The number of thioether (sulfide) groups is 1. The molecule has 0 aliphatic heterocycles. The Bertz CT molecular complexity index is 537. The zero-order valence-electron chi connectivity index (χ0n) is 11.6. The average molecular weight is 292 g/mol. The number of hydrogen-bond donors (Lipinski definition) is 1. The number of rotatable bonds is 3. The number of amides is 1. The summed E-state index contributed by atoms with van der Waals surface area (Å²) >= 11 is 1.36. The summed E-state index contributed by atoms with van der Waals surface area (Å²) < 4.78 is 5.16. The smallest absolute Gasteiger partial charge is 0.410 e. The first-order valence-corrected chi connectivity index (χ1v) is 7.01. The summed E-state index contributed by atoms with van der Waals surface area (Å²) in [4.78, 5) is 17.1. The van der Waals surface area contributed by atoms with Crippen LogP contribution in [0.2, 0.25) is 0 Å². The number of aliphatic imine (C=N–C) groups is 1. The first-order valence-electron chi connectivity index (χ1n) is 5.78. The largest absolute Gasteiger partial charge is 0.414 e. The molecular weight excluding hydrogens is 276 g/mol. The van der Waals surface area contributed by atoms with Crippen molar-refractivity contribution < 1.29 is 9.53 Å². The van der Waals surface area contributed by atoms with E-state index in [0.717, 1.165) is 5.56 Å². The topological polar surface area (TPSA) is 77.7 Å². The molecule has 20 heavy (non-hydrogen) atoms. The molecule has 0 bridgehead atoms. The van der Waals surface area contributed by atoms with Crippen molar-refractivity contribution in [2.24, 2.45) is 4.99 Å². The van der Waals surface area contributed by atoms with Gasteiger partial charge in [-0.3, -0.25) is 10.3 Å². The highest BCUT2D eigenvalue weighted by Gasteiger charge is 2.06. The van der Waals surface area contributed by atoms with Gasteiger partial charge < -0.3 is 9.64 Å². The second-order valence-corrected chi connectivity index (χ2v) is 4.77. The van der Waals surface area contributed by atoms with E-state index >= 15 is 0 Å². The molecule has 106 valence electrons. The minimum absolute atomic E-state index is 0.401. The molecule has 0 unspecified atom stereocenters. The van der Waals surface area contributed by atoms with E-state index < -0.39 is 6.09 Å². The lowest BCUT2D eigenvalue weighted by Crippen LogP contribution is -2.25. The Kier molecular flexibility index (Phi) is 6.40. The van der Waals surface area contributed by atoms with E-state index in [1.54, 1.807) is 32.3 Å². The second-order valence-electron chi connectivity index (χ2n) is 3.97. The lowest BCUT2D eigenvalue weighted by Gasteiger charge is -2.11. The second kappa shape index (κ2) is 8.07. The Morgan fingerprint density at radius 1 is 1.55 bits per heavy atom. The van der Waals surface area contributed by atoms with Crippen molar-refractivity contribution in [3.05, 3.63) is 29.8 Å². The molecule has 1 aromatic rings. The third kappa shape index (κ3) is 5.20. The van der Waals surface area contributed by atoms with Crippen LogP contribution in [0.3, 0.4) is 0 Å². The van der Waals surface area contributed by atoms with Crippen molar-refractivity contribution in [2.45, 2.75) is 6.54 Å². The molecule has 0 fully saturated rings. The standard InChI is InChI=1S/C13H16N4O2S/c1-17(2)13(18)19-11-6-4-5-10(7-11)8-15-12(20-3)16-9-14/h4-7H,8H2,1-3H3,(H,15,16). The van der Waals surface area contributed by atoms with E-state index in [0.29, 0.717) is 17.5 Å². The number of amidine groups is 1. The van der Waals surface area contributed by atoms with E-state index in [9.17, 15) is 4.79 Å². The van der Waals surface area contributed by atoms with Crippen molar-refractivity contribution >= 4 is 23.0 Å². The van der Waals surface area contributed by atoms with Crippen LogP contribution in [0, 0.1) is 11.5 Å². The van der Waals surface area contributed by atoms with Crippen molar-refractivity contribution in [1.82, 2.24) is 10.2 Å². The number of hydrogen-bond acceptors (Lipinski definition) is 5. The Balaban J connectivity index is 2.73. The van der Waals surface area contributed by atoms with Gasteiger partial charge in [0.25, 0.3) is 0 Å². The van der Waals surface area contributed by atoms with E-state index in [1.807, 2.05) is 18.5 Å². The van der Waals surface area contributed by atoms with Crippen molar-refractivity contribution in [2.75, 3.05) is 20.4 Å². The maximum atomic E-state index is 11.4. The van der Waals surface area contributed by atoms with E-state index in [-0.39, 0.29) is 0 Å². The molecule has 1 N–H and O–H groups in total. The maximum Gasteiger partial charge on any atom is 0.414 e. The van der Waals surface area contributed by atoms with Gasteiger partial charge in [0.1, 0.15) is 5.75 Å². The Morgan fingerprint density at radius 3 is 2.90 bits per heavy atom. The zero-order valence-corrected chi connectivity index (χ0v) is 12.4. The van der Waals surface area contributed by atoms with Crippen LogP contribution in [-0.2, 0) is 6.54 Å². The zero-order chi connectivity index (χ0) is 15.0. The highest BCUT2D eigenvalue weighted by molar-refractivity contribution is 8.13. The molecule has 0 radical (unpaired) electrons. The fourth-order valence-electron chi connectivity index (χ4n) is 1.27. The highest BCUT2D eigenvalue weighted by Crippen LogP contribution is 2.15. The lowest BCUT2D eigenvalue weighted by atomic mass is 10.2. The molecule has 0 heterocycles. The maximum absolute atomic E-state index is 11.4. The van der Waals surface area contributed by atoms with Crippen molar-refractivity contribution in [3.8, 4) is 11.9 Å². The van der Waals surface area contributed by atoms with Gasteiger partial charge in [-0.1, -0.05) is 23.9 Å². The number of benzene rings is 1. The average Bonchev–Trinajstić information content (AvgIpc) is 2.43.